The van der Waals surface area contributed by atoms with Crippen LogP contribution in [0.1, 0.15) is 245 Å². The van der Waals surface area contributed by atoms with E-state index in [0.717, 1.165) is 103 Å². The minimum atomic E-state index is -0.817. The second kappa shape index (κ2) is 57.4. The molecule has 70 heavy (non-hydrogen) atoms. The van der Waals surface area contributed by atoms with Crippen molar-refractivity contribution in [2.75, 3.05) is 13.2 Å². The van der Waals surface area contributed by atoms with E-state index in [9.17, 15) is 14.4 Å². The van der Waals surface area contributed by atoms with Gasteiger partial charge in [-0.05, 0) is 96.3 Å². The SMILES string of the molecule is CC/C=C\C/C=C\C/C=C\C/C=C\C/C=C\C/C=C\CCC(=O)OC(COC(=O)CCCCCCCC)COC(=O)CCCCCCCCCCCCCCCC/C=C\C/C=C\C/C=C\C/C=C\CC. The van der Waals surface area contributed by atoms with Crippen molar-refractivity contribution in [1.82, 2.24) is 0 Å². The number of carbonyl (C=O) groups is 3. The van der Waals surface area contributed by atoms with Crippen LogP contribution in [-0.2, 0) is 28.6 Å². The van der Waals surface area contributed by atoms with E-state index in [-0.39, 0.29) is 31.6 Å². The lowest BCUT2D eigenvalue weighted by molar-refractivity contribution is -0.166. The molecule has 0 heterocycles. The fourth-order valence-electron chi connectivity index (χ4n) is 7.52. The molecule has 0 aromatic carbocycles. The maximum atomic E-state index is 12.8. The van der Waals surface area contributed by atoms with Gasteiger partial charge in [0, 0.05) is 19.3 Å². The van der Waals surface area contributed by atoms with E-state index in [1.165, 1.54) is 96.3 Å². The minimum Gasteiger partial charge on any atom is -0.462 e. The minimum absolute atomic E-state index is 0.110. The third-order valence-corrected chi connectivity index (χ3v) is 11.7. The highest BCUT2D eigenvalue weighted by atomic mass is 16.6. The van der Waals surface area contributed by atoms with Gasteiger partial charge in [-0.15, -0.1) is 0 Å². The second-order valence-electron chi connectivity index (χ2n) is 18.4. The number of esters is 3. The standard InChI is InChI=1S/C64H104O6/c1-4-7-10-13-16-18-20-22-24-26-28-29-30-31-32-33-34-35-37-38-40-42-44-46-48-51-54-57-63(66)69-60-61(59-68-62(65)56-53-50-15-12-9-6-3)70-64(67)58-55-52-49-47-45-43-41-39-36-27-25-23-21-19-17-14-11-8-5-2/h7-8,10-11,16-19,22-25,28-29,36,39,43,45,49,52,61H,4-6,9,12-15,20-21,26-27,30-35,37-38,40-42,44,46-48,50-51,53-60H2,1-3H3/b10-7-,11-8-,18-16-,19-17-,24-22-,25-23-,29-28-,39-36-,45-43-,52-49-. The van der Waals surface area contributed by atoms with Crippen molar-refractivity contribution in [3.05, 3.63) is 122 Å². The van der Waals surface area contributed by atoms with E-state index in [2.05, 4.69) is 130 Å². The molecule has 0 fully saturated rings. The molecule has 0 aliphatic heterocycles. The quantitative estimate of drug-likeness (QED) is 0.0262. The van der Waals surface area contributed by atoms with Gasteiger partial charge in [0.2, 0.25) is 0 Å². The van der Waals surface area contributed by atoms with Crippen molar-refractivity contribution in [2.24, 2.45) is 0 Å². The Bertz CT molecular complexity index is 1490. The van der Waals surface area contributed by atoms with Crippen LogP contribution < -0.4 is 0 Å². The Balaban J connectivity index is 4.21. The van der Waals surface area contributed by atoms with Gasteiger partial charge in [0.15, 0.2) is 6.10 Å². The number of hydrogen-bond acceptors (Lipinski definition) is 6. The first kappa shape index (κ1) is 65.8. The van der Waals surface area contributed by atoms with E-state index in [1.807, 2.05) is 12.2 Å². The van der Waals surface area contributed by atoms with Gasteiger partial charge in [0.05, 0.1) is 0 Å². The lowest BCUT2D eigenvalue weighted by Crippen LogP contribution is -2.30. The summed E-state index contributed by atoms with van der Waals surface area (Å²) in [7, 11) is 0. The number of ether oxygens (including phenoxy) is 3. The van der Waals surface area contributed by atoms with Gasteiger partial charge >= 0.3 is 17.9 Å². The van der Waals surface area contributed by atoms with E-state index in [0.29, 0.717) is 19.3 Å². The molecule has 0 rings (SSSR count). The molecule has 0 aliphatic rings. The normalized spacial score (nSPS) is 13.0. The van der Waals surface area contributed by atoms with E-state index >= 15 is 0 Å². The second-order valence-corrected chi connectivity index (χ2v) is 18.4. The molecular weight excluding hydrogens is 865 g/mol. The zero-order valence-corrected chi connectivity index (χ0v) is 45.2. The van der Waals surface area contributed by atoms with E-state index < -0.39 is 12.1 Å². The van der Waals surface area contributed by atoms with Crippen molar-refractivity contribution in [3.63, 3.8) is 0 Å². The molecule has 0 amide bonds. The molecule has 6 heteroatoms. The van der Waals surface area contributed by atoms with Gasteiger partial charge in [-0.1, -0.05) is 251 Å². The molecule has 0 bridgehead atoms. The Labute approximate surface area is 431 Å². The molecule has 396 valence electrons. The number of unbranched alkanes of at least 4 members (excludes halogenated alkanes) is 19. The Hall–Kier alpha value is -4.19. The van der Waals surface area contributed by atoms with Crippen molar-refractivity contribution < 1.29 is 28.6 Å². The smallest absolute Gasteiger partial charge is 0.306 e. The van der Waals surface area contributed by atoms with Crippen LogP contribution in [0.2, 0.25) is 0 Å². The highest BCUT2D eigenvalue weighted by Gasteiger charge is 2.19. The van der Waals surface area contributed by atoms with Gasteiger partial charge in [-0.3, -0.25) is 14.4 Å². The van der Waals surface area contributed by atoms with Crippen LogP contribution in [0.15, 0.2) is 122 Å². The maximum Gasteiger partial charge on any atom is 0.306 e. The molecule has 0 aliphatic carbocycles. The maximum absolute atomic E-state index is 12.8. The molecule has 0 saturated carbocycles. The van der Waals surface area contributed by atoms with Crippen LogP contribution in [0.25, 0.3) is 0 Å². The first-order chi connectivity index (χ1) is 34.5. The van der Waals surface area contributed by atoms with Gasteiger partial charge in [0.25, 0.3) is 0 Å². The van der Waals surface area contributed by atoms with Crippen molar-refractivity contribution in [3.8, 4) is 0 Å². The van der Waals surface area contributed by atoms with Crippen LogP contribution in [0.4, 0.5) is 0 Å². The fraction of sp³-hybridized carbons (Fsp3) is 0.641. The fourth-order valence-corrected chi connectivity index (χ4v) is 7.52. The highest BCUT2D eigenvalue weighted by Crippen LogP contribution is 2.15. The van der Waals surface area contributed by atoms with Crippen LogP contribution >= 0.6 is 0 Å². The molecule has 0 aromatic heterocycles. The predicted octanol–water partition coefficient (Wildman–Crippen LogP) is 19.3. The van der Waals surface area contributed by atoms with Gasteiger partial charge in [-0.2, -0.15) is 0 Å². The number of carbonyl (C=O) groups excluding carboxylic acids is 3. The molecule has 6 nitrogen and oxygen atoms in total. The lowest BCUT2D eigenvalue weighted by Gasteiger charge is -2.18. The first-order valence-electron chi connectivity index (χ1n) is 28.5. The summed E-state index contributed by atoms with van der Waals surface area (Å²) in [6.07, 6.45) is 79.6. The van der Waals surface area contributed by atoms with Crippen molar-refractivity contribution in [1.29, 1.82) is 0 Å². The summed E-state index contributed by atoms with van der Waals surface area (Å²) < 4.78 is 16.7. The van der Waals surface area contributed by atoms with Crippen molar-refractivity contribution in [2.45, 2.75) is 252 Å². The summed E-state index contributed by atoms with van der Waals surface area (Å²) in [6, 6.07) is 0. The molecule has 1 atom stereocenters. The molecule has 0 saturated heterocycles. The molecule has 0 aromatic rings. The first-order valence-corrected chi connectivity index (χ1v) is 28.5. The zero-order valence-electron chi connectivity index (χ0n) is 45.2. The number of hydrogen-bond donors (Lipinski definition) is 0. The molecule has 0 N–H and O–H groups in total. The molecule has 0 radical (unpaired) electrons. The number of allylic oxidation sites excluding steroid dienone is 20. The summed E-state index contributed by atoms with van der Waals surface area (Å²) in [5, 5.41) is 0. The summed E-state index contributed by atoms with van der Waals surface area (Å²) in [4.78, 5) is 37.8. The van der Waals surface area contributed by atoms with E-state index in [1.54, 1.807) is 0 Å². The van der Waals surface area contributed by atoms with Gasteiger partial charge in [-0.25, -0.2) is 0 Å². The Morgan fingerprint density at radius 3 is 0.929 bits per heavy atom. The predicted molar refractivity (Wildman–Crippen MR) is 302 cm³/mol. The largest absolute Gasteiger partial charge is 0.462 e. The summed E-state index contributed by atoms with van der Waals surface area (Å²) in [6.45, 7) is 6.28. The summed E-state index contributed by atoms with van der Waals surface area (Å²) in [5.41, 5.74) is 0. The molecule has 0 spiro atoms. The number of rotatable bonds is 50. The van der Waals surface area contributed by atoms with Gasteiger partial charge in [0.1, 0.15) is 13.2 Å². The topological polar surface area (TPSA) is 78.9 Å². The Morgan fingerprint density at radius 2 is 0.586 bits per heavy atom. The molecule has 1 unspecified atom stereocenters. The van der Waals surface area contributed by atoms with Crippen LogP contribution in [0, 0.1) is 0 Å². The average molecular weight is 970 g/mol. The Morgan fingerprint density at radius 1 is 0.300 bits per heavy atom. The summed E-state index contributed by atoms with van der Waals surface area (Å²) in [5.74, 6) is -1.01. The van der Waals surface area contributed by atoms with E-state index in [4.69, 9.17) is 14.2 Å². The summed E-state index contributed by atoms with van der Waals surface area (Å²) >= 11 is 0. The van der Waals surface area contributed by atoms with Crippen LogP contribution in [0.5, 0.6) is 0 Å². The van der Waals surface area contributed by atoms with Gasteiger partial charge < -0.3 is 14.2 Å². The van der Waals surface area contributed by atoms with Crippen LogP contribution in [0.3, 0.4) is 0 Å². The third-order valence-electron chi connectivity index (χ3n) is 11.7. The Kier molecular flexibility index (Phi) is 54.0. The molecular formula is C64H104O6. The highest BCUT2D eigenvalue weighted by molar-refractivity contribution is 5.71. The van der Waals surface area contributed by atoms with Crippen LogP contribution in [-0.4, -0.2) is 37.2 Å². The third kappa shape index (κ3) is 54.7. The average Bonchev–Trinajstić information content (AvgIpc) is 3.36. The lowest BCUT2D eigenvalue weighted by atomic mass is 10.0. The van der Waals surface area contributed by atoms with Crippen molar-refractivity contribution >= 4 is 17.9 Å². The monoisotopic (exact) mass is 969 g/mol. The zero-order chi connectivity index (χ0) is 50.7.